The molecule has 2 nitrogen and oxygen atoms in total. The van der Waals surface area contributed by atoms with Crippen molar-refractivity contribution in [1.29, 1.82) is 0 Å². The van der Waals surface area contributed by atoms with Crippen LogP contribution in [0.15, 0.2) is 191 Å². The van der Waals surface area contributed by atoms with E-state index in [1.807, 2.05) is 0 Å². The normalized spacial score (nSPS) is 12.5. The zero-order valence-electron chi connectivity index (χ0n) is 31.1. The van der Waals surface area contributed by atoms with Gasteiger partial charge in [0.05, 0.1) is 0 Å². The molecule has 0 amide bonds. The molecule has 0 spiro atoms. The maximum atomic E-state index is 6.64. The van der Waals surface area contributed by atoms with Gasteiger partial charge < -0.3 is 8.83 Å². The van der Waals surface area contributed by atoms with Gasteiger partial charge in [-0.3, -0.25) is 0 Å². The summed E-state index contributed by atoms with van der Waals surface area (Å²) >= 11 is 0. The highest BCUT2D eigenvalue weighted by Gasteiger charge is 2.19. The summed E-state index contributed by atoms with van der Waals surface area (Å²) in [5.41, 5.74) is 8.43. The molecule has 14 rings (SSSR count). The average molecular weight is 735 g/mol. The fourth-order valence-electron chi connectivity index (χ4n) is 10.3. The highest BCUT2D eigenvalue weighted by atomic mass is 16.3. The van der Waals surface area contributed by atoms with Crippen molar-refractivity contribution in [3.63, 3.8) is 0 Å². The SMILES string of the molecule is c1ccc2c(c1)ccc1c2oc2ccc3c4ccc(-c5ccc6oc7ccc(-c8ccc9ccc%10cccc%11ccc8c9c%10%11)cc7c6c5)cc4c4ccccc4c3c21. The van der Waals surface area contributed by atoms with Crippen LogP contribution in [0, 0.1) is 0 Å². The van der Waals surface area contributed by atoms with Gasteiger partial charge in [-0.25, -0.2) is 0 Å². The average Bonchev–Trinajstić information content (AvgIpc) is 3.86. The summed E-state index contributed by atoms with van der Waals surface area (Å²) in [5.74, 6) is 0. The first-order valence-electron chi connectivity index (χ1n) is 20.0. The summed E-state index contributed by atoms with van der Waals surface area (Å²) in [5, 5.41) is 22.1. The highest BCUT2D eigenvalue weighted by Crippen LogP contribution is 2.46. The van der Waals surface area contributed by atoms with Crippen molar-refractivity contribution in [3.8, 4) is 22.3 Å². The fraction of sp³-hybridized carbons (Fsp3) is 0. The molecule has 2 heteroatoms. The Hall–Kier alpha value is -7.68. The third-order valence-electron chi connectivity index (χ3n) is 13.0. The van der Waals surface area contributed by atoms with Gasteiger partial charge in [0, 0.05) is 32.3 Å². The zero-order chi connectivity index (χ0) is 37.6. The van der Waals surface area contributed by atoms with Crippen LogP contribution >= 0.6 is 0 Å². The van der Waals surface area contributed by atoms with Crippen LogP contribution < -0.4 is 0 Å². The van der Waals surface area contributed by atoms with Gasteiger partial charge in [-0.05, 0) is 135 Å². The van der Waals surface area contributed by atoms with E-state index >= 15 is 0 Å². The maximum absolute atomic E-state index is 6.64. The molecule has 0 aliphatic carbocycles. The highest BCUT2D eigenvalue weighted by molar-refractivity contribution is 6.36. The van der Waals surface area contributed by atoms with Gasteiger partial charge in [0.1, 0.15) is 22.3 Å². The molecule has 58 heavy (non-hydrogen) atoms. The van der Waals surface area contributed by atoms with Crippen LogP contribution in [-0.2, 0) is 0 Å². The predicted molar refractivity (Wildman–Crippen MR) is 246 cm³/mol. The molecule has 0 unspecified atom stereocenters. The summed E-state index contributed by atoms with van der Waals surface area (Å²) in [4.78, 5) is 0. The molecule has 0 aliphatic heterocycles. The minimum absolute atomic E-state index is 0.896. The second-order valence-electron chi connectivity index (χ2n) is 15.9. The molecule has 0 fully saturated rings. The quantitative estimate of drug-likeness (QED) is 0.165. The van der Waals surface area contributed by atoms with E-state index in [9.17, 15) is 0 Å². The van der Waals surface area contributed by atoms with Crippen LogP contribution in [0.3, 0.4) is 0 Å². The van der Waals surface area contributed by atoms with Crippen molar-refractivity contribution in [1.82, 2.24) is 0 Å². The first-order chi connectivity index (χ1) is 28.7. The van der Waals surface area contributed by atoms with E-state index in [0.29, 0.717) is 0 Å². The van der Waals surface area contributed by atoms with E-state index in [1.165, 1.54) is 92.1 Å². The number of hydrogen-bond donors (Lipinski definition) is 0. The number of benzene rings is 12. The number of furan rings is 2. The second-order valence-corrected chi connectivity index (χ2v) is 15.9. The van der Waals surface area contributed by atoms with Crippen molar-refractivity contribution >= 4 is 119 Å². The third kappa shape index (κ3) is 4.01. The molecule has 0 saturated heterocycles. The molecular weight excluding hydrogens is 705 g/mol. The fourth-order valence-corrected chi connectivity index (χ4v) is 10.3. The minimum atomic E-state index is 0.896. The molecule has 0 radical (unpaired) electrons. The summed E-state index contributed by atoms with van der Waals surface area (Å²) in [7, 11) is 0. The Morgan fingerprint density at radius 3 is 1.62 bits per heavy atom. The summed E-state index contributed by atoms with van der Waals surface area (Å²) in [6, 6.07) is 66.7. The van der Waals surface area contributed by atoms with E-state index in [2.05, 4.69) is 182 Å². The molecule has 0 atom stereocenters. The van der Waals surface area contributed by atoms with E-state index in [-0.39, 0.29) is 0 Å². The van der Waals surface area contributed by atoms with Crippen LogP contribution in [0.1, 0.15) is 0 Å². The molecule has 0 bridgehead atoms. The Kier molecular flexibility index (Phi) is 5.79. The van der Waals surface area contributed by atoms with Gasteiger partial charge >= 0.3 is 0 Å². The minimum Gasteiger partial charge on any atom is -0.456 e. The van der Waals surface area contributed by atoms with Crippen molar-refractivity contribution < 1.29 is 8.83 Å². The lowest BCUT2D eigenvalue weighted by Crippen LogP contribution is -1.87. The molecule has 2 heterocycles. The Morgan fingerprint density at radius 1 is 0.241 bits per heavy atom. The molecular formula is C56H30O2. The lowest BCUT2D eigenvalue weighted by Gasteiger charge is -2.14. The van der Waals surface area contributed by atoms with E-state index in [4.69, 9.17) is 8.83 Å². The van der Waals surface area contributed by atoms with Crippen LogP contribution in [0.25, 0.3) is 142 Å². The van der Waals surface area contributed by atoms with Gasteiger partial charge in [0.15, 0.2) is 0 Å². The van der Waals surface area contributed by atoms with Crippen molar-refractivity contribution in [2.24, 2.45) is 0 Å². The summed E-state index contributed by atoms with van der Waals surface area (Å²) in [6.07, 6.45) is 0. The van der Waals surface area contributed by atoms with Gasteiger partial charge in [-0.1, -0.05) is 133 Å². The van der Waals surface area contributed by atoms with Crippen LogP contribution in [0.2, 0.25) is 0 Å². The standard InChI is InChI=1S/C56H30O2/c1-2-9-39-31(6-1)14-23-45-55-51(58-56(39)45)27-24-44-41-21-17-35(28-46(41)40-10-3-4-11-42(40)54(44)55)36-18-25-49-47(29-36)48-30-37(19-26-50(48)57-49)38-20-15-34-13-12-32-7-5-8-33-16-22-43(38)53(34)52(32)33/h1-30H. The van der Waals surface area contributed by atoms with Crippen molar-refractivity contribution in [3.05, 3.63) is 182 Å². The van der Waals surface area contributed by atoms with E-state index in [1.54, 1.807) is 0 Å². The van der Waals surface area contributed by atoms with Gasteiger partial charge in [0.25, 0.3) is 0 Å². The van der Waals surface area contributed by atoms with Crippen LogP contribution in [-0.4, -0.2) is 0 Å². The number of rotatable bonds is 2. The van der Waals surface area contributed by atoms with Crippen molar-refractivity contribution in [2.75, 3.05) is 0 Å². The molecule has 0 N–H and O–H groups in total. The van der Waals surface area contributed by atoms with Gasteiger partial charge in [-0.15, -0.1) is 0 Å². The monoisotopic (exact) mass is 734 g/mol. The molecule has 14 aromatic rings. The smallest absolute Gasteiger partial charge is 0.143 e. The van der Waals surface area contributed by atoms with Crippen molar-refractivity contribution in [2.45, 2.75) is 0 Å². The van der Waals surface area contributed by atoms with Gasteiger partial charge in [-0.2, -0.15) is 0 Å². The van der Waals surface area contributed by atoms with Crippen LogP contribution in [0.5, 0.6) is 0 Å². The molecule has 266 valence electrons. The van der Waals surface area contributed by atoms with E-state index < -0.39 is 0 Å². The Bertz CT molecular complexity index is 4050. The lowest BCUT2D eigenvalue weighted by atomic mass is 9.89. The Labute approximate surface area is 331 Å². The van der Waals surface area contributed by atoms with Gasteiger partial charge in [0.2, 0.25) is 0 Å². The molecule has 0 aliphatic rings. The largest absolute Gasteiger partial charge is 0.456 e. The molecule has 2 aromatic heterocycles. The molecule has 0 saturated carbocycles. The van der Waals surface area contributed by atoms with E-state index in [0.717, 1.165) is 49.4 Å². The Balaban J connectivity index is 0.955. The molecule has 12 aromatic carbocycles. The first-order valence-corrected chi connectivity index (χ1v) is 20.0. The predicted octanol–water partition coefficient (Wildman–Crippen LogP) is 16.3. The lowest BCUT2D eigenvalue weighted by molar-refractivity contribution is 0.669. The third-order valence-corrected chi connectivity index (χ3v) is 13.0. The maximum Gasteiger partial charge on any atom is 0.143 e. The zero-order valence-corrected chi connectivity index (χ0v) is 31.1. The van der Waals surface area contributed by atoms with Crippen LogP contribution in [0.4, 0.5) is 0 Å². The summed E-state index contributed by atoms with van der Waals surface area (Å²) < 4.78 is 13.1. The number of hydrogen-bond acceptors (Lipinski definition) is 2. The second kappa shape index (κ2) is 11.0. The first kappa shape index (κ1) is 30.5. The number of fused-ring (bicyclic) bond motifs is 15. The summed E-state index contributed by atoms with van der Waals surface area (Å²) in [6.45, 7) is 0. The Morgan fingerprint density at radius 2 is 0.776 bits per heavy atom. The topological polar surface area (TPSA) is 26.3 Å².